The van der Waals surface area contributed by atoms with Crippen LogP contribution in [0.3, 0.4) is 0 Å². The summed E-state index contributed by atoms with van der Waals surface area (Å²) >= 11 is 6.25. The Labute approximate surface area is 193 Å². The molecule has 0 atom stereocenters. The maximum atomic E-state index is 12.3. The van der Waals surface area contributed by atoms with Crippen molar-refractivity contribution in [2.75, 3.05) is 38.7 Å². The van der Waals surface area contributed by atoms with E-state index >= 15 is 0 Å². The van der Waals surface area contributed by atoms with Crippen LogP contribution in [0.25, 0.3) is 6.08 Å². The molecule has 0 heterocycles. The number of carbonyl (C=O) groups is 2. The standard InChI is InChI=1S/C24H29ClN2O5/c1-5-27(6-2)24(29)16-32-20-12-10-18(15-19(20)25)26-23(28)13-9-17-8-11-21(30-4)22(14-17)31-7-3/h8-15H,5-7,16H2,1-4H3,(H,26,28)/b13-9+. The molecular weight excluding hydrogens is 432 g/mol. The first-order chi connectivity index (χ1) is 15.4. The Morgan fingerprint density at radius 3 is 2.34 bits per heavy atom. The molecule has 0 bridgehead atoms. The van der Waals surface area contributed by atoms with Gasteiger partial charge in [0, 0.05) is 24.9 Å². The highest BCUT2D eigenvalue weighted by Crippen LogP contribution is 2.29. The van der Waals surface area contributed by atoms with Crippen molar-refractivity contribution in [1.82, 2.24) is 4.90 Å². The number of rotatable bonds is 11. The van der Waals surface area contributed by atoms with Crippen LogP contribution in [-0.4, -0.2) is 50.1 Å². The number of amides is 2. The van der Waals surface area contributed by atoms with E-state index in [1.807, 2.05) is 26.8 Å². The normalized spacial score (nSPS) is 10.7. The summed E-state index contributed by atoms with van der Waals surface area (Å²) in [4.78, 5) is 26.0. The third kappa shape index (κ3) is 7.20. The van der Waals surface area contributed by atoms with Gasteiger partial charge in [-0.15, -0.1) is 0 Å². The number of carbonyl (C=O) groups excluding carboxylic acids is 2. The van der Waals surface area contributed by atoms with Crippen LogP contribution in [0.4, 0.5) is 5.69 Å². The number of halogens is 1. The van der Waals surface area contributed by atoms with Gasteiger partial charge in [-0.1, -0.05) is 17.7 Å². The van der Waals surface area contributed by atoms with Gasteiger partial charge in [-0.2, -0.15) is 0 Å². The van der Waals surface area contributed by atoms with Gasteiger partial charge in [0.2, 0.25) is 5.91 Å². The van der Waals surface area contributed by atoms with Crippen LogP contribution in [0, 0.1) is 0 Å². The van der Waals surface area contributed by atoms with E-state index in [4.69, 9.17) is 25.8 Å². The summed E-state index contributed by atoms with van der Waals surface area (Å²) in [6, 6.07) is 10.3. The molecule has 2 aromatic rings. The summed E-state index contributed by atoms with van der Waals surface area (Å²) in [5, 5.41) is 3.05. The molecule has 0 fully saturated rings. The molecule has 2 rings (SSSR count). The quantitative estimate of drug-likeness (QED) is 0.494. The summed E-state index contributed by atoms with van der Waals surface area (Å²) in [6.45, 7) is 7.36. The van der Waals surface area contributed by atoms with Crippen LogP contribution < -0.4 is 19.5 Å². The fraction of sp³-hybridized carbons (Fsp3) is 0.333. The van der Waals surface area contributed by atoms with Crippen molar-refractivity contribution in [2.45, 2.75) is 20.8 Å². The van der Waals surface area contributed by atoms with Gasteiger partial charge >= 0.3 is 0 Å². The zero-order valence-electron chi connectivity index (χ0n) is 18.8. The highest BCUT2D eigenvalue weighted by molar-refractivity contribution is 6.32. The van der Waals surface area contributed by atoms with Crippen LogP contribution >= 0.6 is 11.6 Å². The molecule has 2 aromatic carbocycles. The lowest BCUT2D eigenvalue weighted by Crippen LogP contribution is -2.34. The predicted octanol–water partition coefficient (Wildman–Crippen LogP) is 4.65. The number of hydrogen-bond donors (Lipinski definition) is 1. The van der Waals surface area contributed by atoms with Gasteiger partial charge in [-0.25, -0.2) is 0 Å². The number of methoxy groups -OCH3 is 1. The van der Waals surface area contributed by atoms with Crippen LogP contribution in [0.15, 0.2) is 42.5 Å². The molecule has 0 aliphatic heterocycles. The first-order valence-electron chi connectivity index (χ1n) is 10.4. The molecule has 0 unspecified atom stereocenters. The van der Waals surface area contributed by atoms with Crippen LogP contribution in [0.1, 0.15) is 26.3 Å². The Bertz CT molecular complexity index is 957. The molecule has 8 heteroatoms. The van der Waals surface area contributed by atoms with Gasteiger partial charge in [0.05, 0.1) is 18.7 Å². The highest BCUT2D eigenvalue weighted by Gasteiger charge is 2.12. The number of likely N-dealkylation sites (N-methyl/N-ethyl adjacent to an activating group) is 1. The topological polar surface area (TPSA) is 77.1 Å². The van der Waals surface area contributed by atoms with Crippen molar-refractivity contribution in [2.24, 2.45) is 0 Å². The second-order valence-electron chi connectivity index (χ2n) is 6.67. The van der Waals surface area contributed by atoms with Crippen molar-refractivity contribution in [1.29, 1.82) is 0 Å². The lowest BCUT2D eigenvalue weighted by atomic mass is 10.2. The molecule has 172 valence electrons. The van der Waals surface area contributed by atoms with Gasteiger partial charge < -0.3 is 24.4 Å². The predicted molar refractivity (Wildman–Crippen MR) is 127 cm³/mol. The van der Waals surface area contributed by atoms with Crippen LogP contribution in [-0.2, 0) is 9.59 Å². The Balaban J connectivity index is 1.98. The molecule has 0 radical (unpaired) electrons. The zero-order valence-corrected chi connectivity index (χ0v) is 19.6. The lowest BCUT2D eigenvalue weighted by Gasteiger charge is -2.19. The Morgan fingerprint density at radius 2 is 1.72 bits per heavy atom. The fourth-order valence-electron chi connectivity index (χ4n) is 2.92. The summed E-state index contributed by atoms with van der Waals surface area (Å²) in [6.07, 6.45) is 3.09. The molecule has 0 aliphatic rings. The van der Waals surface area contributed by atoms with E-state index in [1.165, 1.54) is 6.08 Å². The zero-order chi connectivity index (χ0) is 23.5. The van der Waals surface area contributed by atoms with Gasteiger partial charge in [0.25, 0.3) is 5.91 Å². The molecule has 0 saturated heterocycles. The van der Waals surface area contributed by atoms with Crippen molar-refractivity contribution < 1.29 is 23.8 Å². The molecule has 7 nitrogen and oxygen atoms in total. The van der Waals surface area contributed by atoms with Crippen molar-refractivity contribution in [3.05, 3.63) is 53.1 Å². The van der Waals surface area contributed by atoms with Crippen molar-refractivity contribution in [3.63, 3.8) is 0 Å². The van der Waals surface area contributed by atoms with Crippen LogP contribution in [0.5, 0.6) is 17.2 Å². The molecule has 32 heavy (non-hydrogen) atoms. The second-order valence-corrected chi connectivity index (χ2v) is 7.07. The van der Waals surface area contributed by atoms with E-state index in [9.17, 15) is 9.59 Å². The number of anilines is 1. The first-order valence-corrected chi connectivity index (χ1v) is 10.8. The summed E-state index contributed by atoms with van der Waals surface area (Å²) in [5.74, 6) is 1.19. The van der Waals surface area contributed by atoms with Gasteiger partial charge in [0.15, 0.2) is 18.1 Å². The van der Waals surface area contributed by atoms with Gasteiger partial charge in [0.1, 0.15) is 5.75 Å². The minimum absolute atomic E-state index is 0.0958. The average molecular weight is 461 g/mol. The molecule has 0 spiro atoms. The monoisotopic (exact) mass is 460 g/mol. The van der Waals surface area contributed by atoms with E-state index in [0.29, 0.717) is 47.7 Å². The number of hydrogen-bond acceptors (Lipinski definition) is 5. The second kappa shape index (κ2) is 12.6. The third-order valence-corrected chi connectivity index (χ3v) is 4.88. The van der Waals surface area contributed by atoms with Gasteiger partial charge in [-0.3, -0.25) is 9.59 Å². The largest absolute Gasteiger partial charge is 0.493 e. The molecule has 2 amide bonds. The summed E-state index contributed by atoms with van der Waals surface area (Å²) in [5.41, 5.74) is 1.31. The van der Waals surface area contributed by atoms with E-state index in [-0.39, 0.29) is 18.4 Å². The molecule has 0 aromatic heterocycles. The Morgan fingerprint density at radius 1 is 1.00 bits per heavy atom. The number of ether oxygens (including phenoxy) is 3. The van der Waals surface area contributed by atoms with Crippen molar-refractivity contribution >= 4 is 35.2 Å². The minimum Gasteiger partial charge on any atom is -0.493 e. The van der Waals surface area contributed by atoms with E-state index < -0.39 is 0 Å². The lowest BCUT2D eigenvalue weighted by molar-refractivity contribution is -0.133. The van der Waals surface area contributed by atoms with E-state index in [1.54, 1.807) is 48.4 Å². The molecule has 0 saturated carbocycles. The first kappa shape index (κ1) is 25.1. The Hall–Kier alpha value is -3.19. The molecular formula is C24H29ClN2O5. The average Bonchev–Trinajstić information content (AvgIpc) is 2.78. The molecule has 1 N–H and O–H groups in total. The summed E-state index contributed by atoms with van der Waals surface area (Å²) in [7, 11) is 1.57. The van der Waals surface area contributed by atoms with Crippen molar-refractivity contribution in [3.8, 4) is 17.2 Å². The summed E-state index contributed by atoms with van der Waals surface area (Å²) < 4.78 is 16.3. The number of benzene rings is 2. The van der Waals surface area contributed by atoms with E-state index in [2.05, 4.69) is 5.32 Å². The number of nitrogens with one attached hydrogen (secondary N) is 1. The smallest absolute Gasteiger partial charge is 0.260 e. The fourth-order valence-corrected chi connectivity index (χ4v) is 3.16. The minimum atomic E-state index is -0.319. The maximum absolute atomic E-state index is 12.3. The maximum Gasteiger partial charge on any atom is 0.260 e. The van der Waals surface area contributed by atoms with E-state index in [0.717, 1.165) is 5.56 Å². The van der Waals surface area contributed by atoms with Gasteiger partial charge in [-0.05, 0) is 62.7 Å². The van der Waals surface area contributed by atoms with Crippen LogP contribution in [0.2, 0.25) is 5.02 Å². The Kier molecular flexibility index (Phi) is 9.88. The molecule has 0 aliphatic carbocycles. The SMILES string of the molecule is CCOc1cc(/C=C/C(=O)Nc2ccc(OCC(=O)N(CC)CC)c(Cl)c2)ccc1OC. The third-order valence-electron chi connectivity index (χ3n) is 4.58. The number of nitrogens with zero attached hydrogens (tertiary/aromatic N) is 1. The highest BCUT2D eigenvalue weighted by atomic mass is 35.5.